The highest BCUT2D eigenvalue weighted by molar-refractivity contribution is 5.86. The molecule has 1 rings (SSSR count). The van der Waals surface area contributed by atoms with Gasteiger partial charge in [0, 0.05) is 24.7 Å². The Hall–Kier alpha value is -1.30. The monoisotopic (exact) mass is 325 g/mol. The molecule has 6 heteroatoms. The van der Waals surface area contributed by atoms with E-state index in [0.29, 0.717) is 5.96 Å². The van der Waals surface area contributed by atoms with E-state index >= 15 is 0 Å². The molecule has 0 saturated carbocycles. The van der Waals surface area contributed by atoms with Crippen LogP contribution in [0.1, 0.15) is 53.9 Å². The summed E-state index contributed by atoms with van der Waals surface area (Å²) >= 11 is 0. The Balaban J connectivity index is 2.40. The quantitative estimate of drug-likeness (QED) is 0.527. The van der Waals surface area contributed by atoms with Gasteiger partial charge in [0.15, 0.2) is 5.96 Å². The van der Waals surface area contributed by atoms with E-state index in [0.717, 1.165) is 19.6 Å². The van der Waals surface area contributed by atoms with Crippen LogP contribution in [-0.4, -0.2) is 61.1 Å². The van der Waals surface area contributed by atoms with E-state index < -0.39 is 0 Å². The van der Waals surface area contributed by atoms with Crippen molar-refractivity contribution in [3.05, 3.63) is 0 Å². The number of carbonyl (C=O) groups excluding carboxylic acids is 1. The van der Waals surface area contributed by atoms with Crippen LogP contribution in [0.3, 0.4) is 0 Å². The maximum Gasteiger partial charge on any atom is 0.239 e. The minimum Gasteiger partial charge on any atom is -0.355 e. The van der Waals surface area contributed by atoms with E-state index in [1.165, 1.54) is 19.3 Å². The lowest BCUT2D eigenvalue weighted by molar-refractivity contribution is -0.121. The van der Waals surface area contributed by atoms with Crippen molar-refractivity contribution in [2.45, 2.75) is 65.0 Å². The van der Waals surface area contributed by atoms with Gasteiger partial charge in [-0.3, -0.25) is 14.7 Å². The molecule has 0 aromatic rings. The molecule has 1 heterocycles. The van der Waals surface area contributed by atoms with Crippen LogP contribution in [0.25, 0.3) is 0 Å². The van der Waals surface area contributed by atoms with Gasteiger partial charge in [0.25, 0.3) is 0 Å². The van der Waals surface area contributed by atoms with Crippen molar-refractivity contribution < 1.29 is 4.79 Å². The van der Waals surface area contributed by atoms with Gasteiger partial charge in [-0.1, -0.05) is 6.42 Å². The molecule has 1 amide bonds. The second-order valence-electron chi connectivity index (χ2n) is 7.94. The molecular weight excluding hydrogens is 290 g/mol. The summed E-state index contributed by atoms with van der Waals surface area (Å²) in [5, 5.41) is 9.35. The van der Waals surface area contributed by atoms with Crippen LogP contribution in [0.5, 0.6) is 0 Å². The molecule has 0 aromatic heterocycles. The van der Waals surface area contributed by atoms with E-state index in [-0.39, 0.29) is 23.5 Å². The smallest absolute Gasteiger partial charge is 0.239 e. The van der Waals surface area contributed by atoms with Crippen LogP contribution in [0.4, 0.5) is 0 Å². The van der Waals surface area contributed by atoms with Gasteiger partial charge in [-0.05, 0) is 60.5 Å². The maximum absolute atomic E-state index is 11.9. The second-order valence-corrected chi connectivity index (χ2v) is 7.94. The molecular formula is C17H35N5O. The van der Waals surface area contributed by atoms with Crippen LogP contribution in [0, 0.1) is 0 Å². The third-order valence-corrected chi connectivity index (χ3v) is 4.05. The van der Waals surface area contributed by atoms with Crippen LogP contribution in [0.15, 0.2) is 4.99 Å². The molecule has 0 aromatic carbocycles. The number of aliphatic imine (C=N–C) groups is 1. The molecule has 6 nitrogen and oxygen atoms in total. The van der Waals surface area contributed by atoms with Crippen molar-refractivity contribution in [3.8, 4) is 0 Å². The van der Waals surface area contributed by atoms with Gasteiger partial charge >= 0.3 is 0 Å². The maximum atomic E-state index is 11.9. The van der Waals surface area contributed by atoms with E-state index in [2.05, 4.69) is 39.7 Å². The summed E-state index contributed by atoms with van der Waals surface area (Å²) in [5.74, 6) is 0.634. The van der Waals surface area contributed by atoms with Crippen molar-refractivity contribution in [1.82, 2.24) is 20.9 Å². The number of hydrogen-bond donors (Lipinski definition) is 3. The van der Waals surface area contributed by atoms with E-state index in [1.807, 2.05) is 20.8 Å². The first-order valence-electron chi connectivity index (χ1n) is 8.65. The SMILES string of the molecule is CN=C(NCC(=O)NC(C)(C)C)NCC(C)(C)N1CCCCC1. The van der Waals surface area contributed by atoms with E-state index in [9.17, 15) is 4.79 Å². The van der Waals surface area contributed by atoms with Crippen molar-refractivity contribution in [3.63, 3.8) is 0 Å². The van der Waals surface area contributed by atoms with Gasteiger partial charge in [0.05, 0.1) is 6.54 Å². The molecule has 0 unspecified atom stereocenters. The Morgan fingerprint density at radius 3 is 2.17 bits per heavy atom. The predicted octanol–water partition coefficient (Wildman–Crippen LogP) is 1.33. The highest BCUT2D eigenvalue weighted by Crippen LogP contribution is 2.19. The van der Waals surface area contributed by atoms with E-state index in [4.69, 9.17) is 0 Å². The van der Waals surface area contributed by atoms with Crippen molar-refractivity contribution in [2.24, 2.45) is 4.99 Å². The number of piperidine rings is 1. The fourth-order valence-corrected chi connectivity index (χ4v) is 2.76. The molecule has 23 heavy (non-hydrogen) atoms. The largest absolute Gasteiger partial charge is 0.355 e. The number of nitrogens with zero attached hydrogens (tertiary/aromatic N) is 2. The molecule has 134 valence electrons. The zero-order valence-corrected chi connectivity index (χ0v) is 15.8. The standard InChI is InChI=1S/C17H35N5O/c1-16(2,3)21-14(23)12-19-15(18-6)20-13-17(4,5)22-10-8-7-9-11-22/h7-13H2,1-6H3,(H,21,23)(H2,18,19,20). The average molecular weight is 326 g/mol. The Morgan fingerprint density at radius 2 is 1.65 bits per heavy atom. The number of likely N-dealkylation sites (tertiary alicyclic amines) is 1. The number of amides is 1. The highest BCUT2D eigenvalue weighted by Gasteiger charge is 2.27. The van der Waals surface area contributed by atoms with Crippen molar-refractivity contribution >= 4 is 11.9 Å². The fourth-order valence-electron chi connectivity index (χ4n) is 2.76. The molecule has 1 aliphatic rings. The van der Waals surface area contributed by atoms with Gasteiger partial charge in [0.1, 0.15) is 0 Å². The van der Waals surface area contributed by atoms with Crippen molar-refractivity contribution in [2.75, 3.05) is 33.2 Å². The summed E-state index contributed by atoms with van der Waals surface area (Å²) in [7, 11) is 1.73. The predicted molar refractivity (Wildman–Crippen MR) is 96.8 cm³/mol. The Kier molecular flexibility index (Phi) is 7.32. The first kappa shape index (κ1) is 19.7. The molecule has 3 N–H and O–H groups in total. The van der Waals surface area contributed by atoms with Gasteiger partial charge in [-0.25, -0.2) is 0 Å². The summed E-state index contributed by atoms with van der Waals surface area (Å²) in [6, 6.07) is 0. The van der Waals surface area contributed by atoms with Crippen LogP contribution in [-0.2, 0) is 4.79 Å². The molecule has 0 aliphatic carbocycles. The molecule has 0 bridgehead atoms. The second kappa shape index (κ2) is 8.52. The molecule has 0 atom stereocenters. The Morgan fingerprint density at radius 1 is 1.04 bits per heavy atom. The number of guanidine groups is 1. The third-order valence-electron chi connectivity index (χ3n) is 4.05. The summed E-state index contributed by atoms with van der Waals surface area (Å²) in [6.07, 6.45) is 3.90. The highest BCUT2D eigenvalue weighted by atomic mass is 16.2. The molecule has 1 aliphatic heterocycles. The molecule has 0 spiro atoms. The van der Waals surface area contributed by atoms with Crippen LogP contribution in [0.2, 0.25) is 0 Å². The zero-order chi connectivity index (χ0) is 17.5. The number of rotatable bonds is 5. The summed E-state index contributed by atoms with van der Waals surface area (Å²) in [4.78, 5) is 18.6. The fraction of sp³-hybridized carbons (Fsp3) is 0.882. The lowest BCUT2D eigenvalue weighted by Crippen LogP contribution is -2.55. The lowest BCUT2D eigenvalue weighted by Gasteiger charge is -2.41. The zero-order valence-electron chi connectivity index (χ0n) is 15.8. The number of carbonyl (C=O) groups is 1. The molecule has 1 fully saturated rings. The van der Waals surface area contributed by atoms with Crippen LogP contribution < -0.4 is 16.0 Å². The minimum absolute atomic E-state index is 0.0317. The van der Waals surface area contributed by atoms with Gasteiger partial charge < -0.3 is 16.0 Å². The Labute approximate surface area is 141 Å². The first-order valence-corrected chi connectivity index (χ1v) is 8.65. The van der Waals surface area contributed by atoms with Crippen LogP contribution >= 0.6 is 0 Å². The summed E-state index contributed by atoms with van der Waals surface area (Å²) < 4.78 is 0. The number of nitrogens with one attached hydrogen (secondary N) is 3. The Bertz CT molecular complexity index is 406. The number of hydrogen-bond acceptors (Lipinski definition) is 3. The van der Waals surface area contributed by atoms with Crippen molar-refractivity contribution in [1.29, 1.82) is 0 Å². The lowest BCUT2D eigenvalue weighted by atomic mass is 9.98. The molecule has 0 radical (unpaired) electrons. The summed E-state index contributed by atoms with van der Waals surface area (Å²) in [6.45, 7) is 13.8. The van der Waals surface area contributed by atoms with Gasteiger partial charge in [0.2, 0.25) is 5.91 Å². The first-order chi connectivity index (χ1) is 10.6. The van der Waals surface area contributed by atoms with E-state index in [1.54, 1.807) is 7.05 Å². The minimum atomic E-state index is -0.216. The topological polar surface area (TPSA) is 68.8 Å². The molecule has 1 saturated heterocycles. The third kappa shape index (κ3) is 7.68. The van der Waals surface area contributed by atoms with Gasteiger partial charge in [-0.2, -0.15) is 0 Å². The normalized spacial score (nSPS) is 17.7. The summed E-state index contributed by atoms with van der Waals surface area (Å²) in [5.41, 5.74) is -0.141. The van der Waals surface area contributed by atoms with Gasteiger partial charge in [-0.15, -0.1) is 0 Å². The average Bonchev–Trinajstić information content (AvgIpc) is 2.46.